The van der Waals surface area contributed by atoms with Crippen molar-refractivity contribution < 1.29 is 4.79 Å². The van der Waals surface area contributed by atoms with Crippen molar-refractivity contribution >= 4 is 5.78 Å². The number of carbonyl (C=O) groups excluding carboxylic acids is 1. The number of carbonyl (C=O) groups is 1. The van der Waals surface area contributed by atoms with Gasteiger partial charge in [0.1, 0.15) is 5.78 Å². The van der Waals surface area contributed by atoms with Crippen LogP contribution in [0.25, 0.3) is 0 Å². The fourth-order valence-electron chi connectivity index (χ4n) is 1.85. The first-order valence-electron chi connectivity index (χ1n) is 4.61. The van der Waals surface area contributed by atoms with Gasteiger partial charge in [-0.2, -0.15) is 0 Å². The Morgan fingerprint density at radius 2 is 2.38 bits per heavy atom. The number of aryl methyl sites for hydroxylation is 1. The highest BCUT2D eigenvalue weighted by Crippen LogP contribution is 2.48. The molecule has 1 saturated carbocycles. The van der Waals surface area contributed by atoms with Gasteiger partial charge >= 0.3 is 0 Å². The molecule has 0 aliphatic heterocycles. The van der Waals surface area contributed by atoms with Crippen molar-refractivity contribution in [2.24, 2.45) is 5.92 Å². The molecule has 0 saturated heterocycles. The van der Waals surface area contributed by atoms with Gasteiger partial charge in [-0.15, -0.1) is 0 Å². The van der Waals surface area contributed by atoms with E-state index in [4.69, 9.17) is 0 Å². The normalized spacial score (nSPS) is 25.7. The second-order valence-electron chi connectivity index (χ2n) is 3.79. The predicted octanol–water partition coefficient (Wildman–Crippen LogP) is 2.08. The molecular weight excluding hydrogens is 162 g/mol. The number of aromatic nitrogens is 1. The summed E-state index contributed by atoms with van der Waals surface area (Å²) in [5.74, 6) is 1.03. The molecule has 1 aromatic rings. The lowest BCUT2D eigenvalue weighted by molar-refractivity contribution is -0.118. The van der Waals surface area contributed by atoms with Crippen LogP contribution in [0.2, 0.25) is 0 Å². The minimum absolute atomic E-state index is 0.267. The zero-order valence-corrected chi connectivity index (χ0v) is 7.95. The predicted molar refractivity (Wildman–Crippen MR) is 50.5 cm³/mol. The molecule has 68 valence electrons. The molecule has 1 aromatic heterocycles. The molecule has 2 atom stereocenters. The first kappa shape index (κ1) is 8.42. The van der Waals surface area contributed by atoms with Gasteiger partial charge in [0.05, 0.1) is 0 Å². The van der Waals surface area contributed by atoms with E-state index in [9.17, 15) is 4.79 Å². The minimum atomic E-state index is 0.267. The number of pyridine rings is 1. The molecule has 0 spiro atoms. The monoisotopic (exact) mass is 175 g/mol. The van der Waals surface area contributed by atoms with Gasteiger partial charge in [-0.05, 0) is 43.4 Å². The second-order valence-corrected chi connectivity index (χ2v) is 3.79. The highest BCUT2D eigenvalue weighted by molar-refractivity contribution is 5.82. The zero-order chi connectivity index (χ0) is 9.42. The van der Waals surface area contributed by atoms with Crippen molar-refractivity contribution in [3.05, 3.63) is 29.6 Å². The van der Waals surface area contributed by atoms with Crippen LogP contribution in [0.3, 0.4) is 0 Å². The van der Waals surface area contributed by atoms with Crippen molar-refractivity contribution in [2.75, 3.05) is 0 Å². The fraction of sp³-hybridized carbons (Fsp3) is 0.455. The molecule has 2 heteroatoms. The van der Waals surface area contributed by atoms with E-state index in [0.29, 0.717) is 11.7 Å². The number of Topliss-reactive ketones (excluding diaryl/α,β-unsaturated/α-hetero) is 1. The highest BCUT2D eigenvalue weighted by atomic mass is 16.1. The molecule has 0 N–H and O–H groups in total. The second kappa shape index (κ2) is 2.95. The summed E-state index contributed by atoms with van der Waals surface area (Å²) in [7, 11) is 0. The number of ketones is 1. The van der Waals surface area contributed by atoms with Gasteiger partial charge in [0.25, 0.3) is 0 Å². The Kier molecular flexibility index (Phi) is 1.91. The van der Waals surface area contributed by atoms with Crippen LogP contribution in [0.5, 0.6) is 0 Å². The summed E-state index contributed by atoms with van der Waals surface area (Å²) in [4.78, 5) is 15.2. The highest BCUT2D eigenvalue weighted by Gasteiger charge is 2.42. The summed E-state index contributed by atoms with van der Waals surface area (Å²) in [6.07, 6.45) is 4.70. The van der Waals surface area contributed by atoms with E-state index in [2.05, 4.69) is 11.9 Å². The van der Waals surface area contributed by atoms with E-state index in [1.807, 2.05) is 12.3 Å². The minimum Gasteiger partial charge on any atom is -0.300 e. The smallest absolute Gasteiger partial charge is 0.133 e. The molecule has 1 aliphatic rings. The average molecular weight is 175 g/mol. The Morgan fingerprint density at radius 1 is 1.62 bits per heavy atom. The molecule has 1 aliphatic carbocycles. The maximum absolute atomic E-state index is 11.1. The topological polar surface area (TPSA) is 30.0 Å². The zero-order valence-electron chi connectivity index (χ0n) is 7.95. The van der Waals surface area contributed by atoms with E-state index in [1.165, 1.54) is 11.1 Å². The number of nitrogens with zero attached hydrogens (tertiary/aromatic N) is 1. The van der Waals surface area contributed by atoms with E-state index < -0.39 is 0 Å². The molecule has 1 fully saturated rings. The number of hydrogen-bond acceptors (Lipinski definition) is 2. The quantitative estimate of drug-likeness (QED) is 0.688. The van der Waals surface area contributed by atoms with Crippen LogP contribution in [0, 0.1) is 12.8 Å². The maximum Gasteiger partial charge on any atom is 0.133 e. The molecule has 2 rings (SSSR count). The van der Waals surface area contributed by atoms with Crippen molar-refractivity contribution in [3.63, 3.8) is 0 Å². The van der Waals surface area contributed by atoms with Gasteiger partial charge < -0.3 is 0 Å². The number of hydrogen-bond donors (Lipinski definition) is 0. The molecule has 2 nitrogen and oxygen atoms in total. The van der Waals surface area contributed by atoms with Crippen LogP contribution in [0.15, 0.2) is 18.5 Å². The third-order valence-corrected chi connectivity index (χ3v) is 2.79. The van der Waals surface area contributed by atoms with Crippen molar-refractivity contribution in [2.45, 2.75) is 26.2 Å². The number of rotatable bonds is 2. The first-order valence-corrected chi connectivity index (χ1v) is 4.61. The van der Waals surface area contributed by atoms with E-state index >= 15 is 0 Å². The Balaban J connectivity index is 2.21. The standard InChI is InChI=1S/C11H13NO/c1-7-3-4-12-6-11(7)10-5-9(10)8(2)13/h3-4,6,9-10H,5H2,1-2H3. The summed E-state index contributed by atoms with van der Waals surface area (Å²) >= 11 is 0. The largest absolute Gasteiger partial charge is 0.300 e. The van der Waals surface area contributed by atoms with Crippen LogP contribution in [0.4, 0.5) is 0 Å². The third-order valence-electron chi connectivity index (χ3n) is 2.79. The van der Waals surface area contributed by atoms with Crippen molar-refractivity contribution in [1.29, 1.82) is 0 Å². The Bertz CT molecular complexity index is 346. The molecule has 0 aromatic carbocycles. The molecule has 0 radical (unpaired) electrons. The van der Waals surface area contributed by atoms with Crippen molar-refractivity contribution in [1.82, 2.24) is 4.98 Å². The molecule has 1 heterocycles. The van der Waals surface area contributed by atoms with Gasteiger partial charge in [0, 0.05) is 18.3 Å². The maximum atomic E-state index is 11.1. The van der Waals surface area contributed by atoms with Gasteiger partial charge in [-0.1, -0.05) is 0 Å². The third kappa shape index (κ3) is 1.48. The van der Waals surface area contributed by atoms with Gasteiger partial charge in [-0.25, -0.2) is 0 Å². The SMILES string of the molecule is CC(=O)C1CC1c1cnccc1C. The van der Waals surface area contributed by atoms with Gasteiger partial charge in [0.2, 0.25) is 0 Å². The average Bonchev–Trinajstić information content (AvgIpc) is 2.84. The van der Waals surface area contributed by atoms with Crippen molar-refractivity contribution in [3.8, 4) is 0 Å². The summed E-state index contributed by atoms with van der Waals surface area (Å²) < 4.78 is 0. The van der Waals surface area contributed by atoms with Crippen LogP contribution < -0.4 is 0 Å². The van der Waals surface area contributed by atoms with E-state index in [0.717, 1.165) is 6.42 Å². The molecule has 0 bridgehead atoms. The summed E-state index contributed by atoms with van der Waals surface area (Å²) in [6, 6.07) is 2.00. The summed E-state index contributed by atoms with van der Waals surface area (Å²) in [6.45, 7) is 3.75. The Morgan fingerprint density at radius 3 is 2.92 bits per heavy atom. The lowest BCUT2D eigenvalue weighted by Crippen LogP contribution is -1.96. The summed E-state index contributed by atoms with van der Waals surface area (Å²) in [5, 5.41) is 0. The van der Waals surface area contributed by atoms with E-state index in [-0.39, 0.29) is 5.92 Å². The molecular formula is C11H13NO. The Labute approximate surface area is 78.0 Å². The van der Waals surface area contributed by atoms with Crippen LogP contribution in [-0.2, 0) is 4.79 Å². The van der Waals surface area contributed by atoms with E-state index in [1.54, 1.807) is 13.1 Å². The summed E-state index contributed by atoms with van der Waals surface area (Å²) in [5.41, 5.74) is 2.51. The molecule has 2 unspecified atom stereocenters. The van der Waals surface area contributed by atoms with Crippen LogP contribution >= 0.6 is 0 Å². The Hall–Kier alpha value is -1.18. The molecule has 0 amide bonds. The molecule has 13 heavy (non-hydrogen) atoms. The van der Waals surface area contributed by atoms with Gasteiger partial charge in [-0.3, -0.25) is 9.78 Å². The van der Waals surface area contributed by atoms with Gasteiger partial charge in [0.15, 0.2) is 0 Å². The lowest BCUT2D eigenvalue weighted by Gasteiger charge is -2.01. The lowest BCUT2D eigenvalue weighted by atomic mass is 10.1. The van der Waals surface area contributed by atoms with Crippen LogP contribution in [-0.4, -0.2) is 10.8 Å². The fourth-order valence-corrected chi connectivity index (χ4v) is 1.85. The first-order chi connectivity index (χ1) is 6.20. The van der Waals surface area contributed by atoms with Crippen LogP contribution in [0.1, 0.15) is 30.4 Å².